The molecule has 0 radical (unpaired) electrons. The van der Waals surface area contributed by atoms with Crippen LogP contribution in [0, 0.1) is 0 Å². The van der Waals surface area contributed by atoms with E-state index in [-0.39, 0.29) is 29.8 Å². The van der Waals surface area contributed by atoms with Crippen LogP contribution in [0.15, 0.2) is 155 Å². The molecule has 4 amide bonds. The molecule has 5 aromatic rings. The number of hydrazone groups is 1. The van der Waals surface area contributed by atoms with E-state index >= 15 is 0 Å². The quantitative estimate of drug-likeness (QED) is 0.103. The summed E-state index contributed by atoms with van der Waals surface area (Å²) in [5, 5.41) is 13.8. The van der Waals surface area contributed by atoms with Crippen molar-refractivity contribution in [2.75, 3.05) is 10.3 Å². The van der Waals surface area contributed by atoms with E-state index in [1.54, 1.807) is 91.0 Å². The summed E-state index contributed by atoms with van der Waals surface area (Å²) in [5.74, 6) is -1.30. The number of para-hydroxylation sites is 1. The molecule has 6 rings (SSSR count). The predicted octanol–water partition coefficient (Wildman–Crippen LogP) is 7.45. The van der Waals surface area contributed by atoms with Crippen molar-refractivity contribution < 1.29 is 19.2 Å². The van der Waals surface area contributed by atoms with Gasteiger partial charge in [-0.1, -0.05) is 96.5 Å². The number of anilines is 2. The zero-order valence-electron chi connectivity index (χ0n) is 26.5. The van der Waals surface area contributed by atoms with Crippen molar-refractivity contribution >= 4 is 70.3 Å². The first-order valence-corrected chi connectivity index (χ1v) is 16.8. The molecule has 3 N–H and O–H groups in total. The van der Waals surface area contributed by atoms with Crippen LogP contribution in [-0.2, 0) is 14.4 Å². The number of benzene rings is 5. The van der Waals surface area contributed by atoms with Gasteiger partial charge in [0.05, 0.1) is 12.1 Å². The summed E-state index contributed by atoms with van der Waals surface area (Å²) in [7, 11) is 0. The number of thioether (sulfide) groups is 1. The third-order valence-electron chi connectivity index (χ3n) is 7.48. The molecule has 1 heterocycles. The minimum atomic E-state index is -0.668. The average molecular weight is 700 g/mol. The molecule has 5 aromatic carbocycles. The molecular weight excluding hydrogens is 670 g/mol. The lowest BCUT2D eigenvalue weighted by Gasteiger charge is -2.17. The number of carbonyl (C=O) groups is 4. The molecule has 50 heavy (non-hydrogen) atoms. The van der Waals surface area contributed by atoms with Crippen LogP contribution in [0.3, 0.4) is 0 Å². The van der Waals surface area contributed by atoms with Crippen LogP contribution >= 0.6 is 23.4 Å². The zero-order chi connectivity index (χ0) is 34.9. The van der Waals surface area contributed by atoms with Crippen molar-refractivity contribution in [3.05, 3.63) is 167 Å². The van der Waals surface area contributed by atoms with Gasteiger partial charge in [0.15, 0.2) is 0 Å². The monoisotopic (exact) mass is 699 g/mol. The number of nitrogens with one attached hydrogen (secondary N) is 3. The zero-order valence-corrected chi connectivity index (χ0v) is 28.0. The Balaban J connectivity index is 1.17. The fourth-order valence-corrected chi connectivity index (χ4v) is 6.23. The topological polar surface area (TPSA) is 120 Å². The number of halogens is 1. The maximum atomic E-state index is 13.7. The minimum Gasteiger partial charge on any atom is -0.321 e. The summed E-state index contributed by atoms with van der Waals surface area (Å²) in [5.41, 5.74) is 2.81. The fourth-order valence-electron chi connectivity index (χ4n) is 5.02. The second kappa shape index (κ2) is 16.0. The summed E-state index contributed by atoms with van der Waals surface area (Å²) in [6.45, 7) is 0. The van der Waals surface area contributed by atoms with Gasteiger partial charge in [-0.2, -0.15) is 10.1 Å². The van der Waals surface area contributed by atoms with Gasteiger partial charge in [0, 0.05) is 21.2 Å². The second-order valence-electron chi connectivity index (χ2n) is 11.0. The smallest absolute Gasteiger partial charge is 0.272 e. The molecule has 1 aliphatic rings. The summed E-state index contributed by atoms with van der Waals surface area (Å²) in [4.78, 5) is 53.6. The molecule has 0 bridgehead atoms. The lowest BCUT2D eigenvalue weighted by Crippen LogP contribution is -2.33. The van der Waals surface area contributed by atoms with Crippen LogP contribution in [0.4, 0.5) is 11.4 Å². The minimum absolute atomic E-state index is 0.00496. The molecule has 1 aliphatic heterocycles. The van der Waals surface area contributed by atoms with E-state index in [2.05, 4.69) is 21.1 Å². The van der Waals surface area contributed by atoms with Crippen molar-refractivity contribution in [1.82, 2.24) is 10.6 Å². The molecule has 0 aromatic heterocycles. The van der Waals surface area contributed by atoms with Gasteiger partial charge in [-0.05, 0) is 71.8 Å². The Kier molecular flexibility index (Phi) is 10.8. The van der Waals surface area contributed by atoms with Gasteiger partial charge in [0.1, 0.15) is 16.8 Å². The lowest BCUT2D eigenvalue weighted by molar-refractivity contribution is -0.119. The molecule has 248 valence electrons. The Hall–Kier alpha value is -5.97. The Morgan fingerprint density at radius 2 is 1.38 bits per heavy atom. The summed E-state index contributed by atoms with van der Waals surface area (Å²) < 4.78 is 0. The van der Waals surface area contributed by atoms with Gasteiger partial charge in [-0.25, -0.2) is 0 Å². The molecule has 0 fully saturated rings. The first-order chi connectivity index (χ1) is 24.3. The van der Waals surface area contributed by atoms with Crippen molar-refractivity contribution in [3.8, 4) is 0 Å². The van der Waals surface area contributed by atoms with Gasteiger partial charge >= 0.3 is 0 Å². The number of hydrogen-bond acceptors (Lipinski definition) is 6. The second-order valence-corrected chi connectivity index (χ2v) is 12.6. The van der Waals surface area contributed by atoms with Crippen LogP contribution in [0.2, 0.25) is 5.02 Å². The molecule has 0 saturated heterocycles. The molecule has 1 unspecified atom stereocenters. The molecule has 1 atom stereocenters. The highest BCUT2D eigenvalue weighted by Gasteiger charge is 2.29. The van der Waals surface area contributed by atoms with Crippen LogP contribution in [0.5, 0.6) is 0 Å². The number of hydrogen-bond donors (Lipinski definition) is 3. The van der Waals surface area contributed by atoms with Gasteiger partial charge in [-0.15, -0.1) is 11.8 Å². The number of nitrogens with zero attached hydrogens (tertiary/aromatic N) is 2. The summed E-state index contributed by atoms with van der Waals surface area (Å²) >= 11 is 7.67. The van der Waals surface area contributed by atoms with Gasteiger partial charge < -0.3 is 16.0 Å². The fraction of sp³-hybridized carbons (Fsp3) is 0.0513. The van der Waals surface area contributed by atoms with Crippen LogP contribution < -0.4 is 21.0 Å². The summed E-state index contributed by atoms with van der Waals surface area (Å²) in [6, 6.07) is 40.9. The van der Waals surface area contributed by atoms with E-state index in [4.69, 9.17) is 11.6 Å². The normalized spacial score (nSPS) is 13.3. The van der Waals surface area contributed by atoms with E-state index in [0.29, 0.717) is 27.5 Å². The SMILES string of the molecule is O=C(Nc1ccc(SC(C(=O)NC2=NN(c3ccccc3)C(=O)C2)c2ccccc2)cc1)/C(=C/c1ccccc1Cl)NC(=O)c1ccccc1. The van der Waals surface area contributed by atoms with E-state index in [0.717, 1.165) is 10.5 Å². The van der Waals surface area contributed by atoms with Gasteiger partial charge in [0.2, 0.25) is 5.91 Å². The number of rotatable bonds is 10. The van der Waals surface area contributed by atoms with E-state index in [9.17, 15) is 19.2 Å². The number of amides is 4. The standard InChI is InChI=1S/C39H30ClN5O4S/c40-32-19-11-10-16-28(32)24-33(42-37(47)27-14-6-2-7-15-27)38(48)41-29-20-22-31(23-21-29)50-36(26-12-4-1-5-13-26)39(49)43-34-25-35(46)45(44-34)30-17-8-3-9-18-30/h1-24,36H,25H2,(H,41,48)(H,42,47)(H,43,44,49)/b33-24-. The van der Waals surface area contributed by atoms with E-state index in [1.807, 2.05) is 48.5 Å². The van der Waals surface area contributed by atoms with Crippen LogP contribution in [0.25, 0.3) is 6.08 Å². The van der Waals surface area contributed by atoms with Crippen molar-refractivity contribution in [2.45, 2.75) is 16.6 Å². The summed E-state index contributed by atoms with van der Waals surface area (Å²) in [6.07, 6.45) is 1.49. The Labute approximate surface area is 298 Å². The first kappa shape index (κ1) is 33.9. The highest BCUT2D eigenvalue weighted by atomic mass is 35.5. The molecule has 0 spiro atoms. The number of amidine groups is 1. The van der Waals surface area contributed by atoms with E-state index < -0.39 is 17.1 Å². The third-order valence-corrected chi connectivity index (χ3v) is 9.09. The Morgan fingerprint density at radius 1 is 0.760 bits per heavy atom. The van der Waals surface area contributed by atoms with Crippen LogP contribution in [-0.4, -0.2) is 29.5 Å². The molecule has 0 aliphatic carbocycles. The van der Waals surface area contributed by atoms with Crippen molar-refractivity contribution in [1.29, 1.82) is 0 Å². The molecule has 0 saturated carbocycles. The molecular formula is C39H30ClN5O4S. The van der Waals surface area contributed by atoms with Crippen molar-refractivity contribution in [2.24, 2.45) is 5.10 Å². The van der Waals surface area contributed by atoms with E-state index in [1.165, 1.54) is 22.8 Å². The average Bonchev–Trinajstić information content (AvgIpc) is 3.52. The third kappa shape index (κ3) is 8.54. The predicted molar refractivity (Wildman–Crippen MR) is 198 cm³/mol. The molecule has 11 heteroatoms. The molecule has 9 nitrogen and oxygen atoms in total. The van der Waals surface area contributed by atoms with Crippen molar-refractivity contribution in [3.63, 3.8) is 0 Å². The largest absolute Gasteiger partial charge is 0.321 e. The first-order valence-electron chi connectivity index (χ1n) is 15.6. The van der Waals surface area contributed by atoms with Crippen LogP contribution in [0.1, 0.15) is 33.2 Å². The highest BCUT2D eigenvalue weighted by molar-refractivity contribution is 8.00. The maximum Gasteiger partial charge on any atom is 0.272 e. The van der Waals surface area contributed by atoms with Gasteiger partial charge in [0.25, 0.3) is 17.7 Å². The Morgan fingerprint density at radius 3 is 2.06 bits per heavy atom. The highest BCUT2D eigenvalue weighted by Crippen LogP contribution is 2.36. The Bertz CT molecular complexity index is 2070. The lowest BCUT2D eigenvalue weighted by atomic mass is 10.1. The van der Waals surface area contributed by atoms with Gasteiger partial charge in [-0.3, -0.25) is 19.2 Å². The maximum absolute atomic E-state index is 13.7. The number of carbonyl (C=O) groups excluding carboxylic acids is 4.